The van der Waals surface area contributed by atoms with Crippen molar-refractivity contribution in [2.45, 2.75) is 12.8 Å². The molecule has 3 aliphatic carbocycles. The van der Waals surface area contributed by atoms with Gasteiger partial charge in [-0.05, 0) is 48.9 Å². The minimum absolute atomic E-state index is 0.139. The van der Waals surface area contributed by atoms with E-state index in [9.17, 15) is 14.4 Å². The first-order chi connectivity index (χ1) is 14.6. The lowest BCUT2D eigenvalue weighted by Crippen LogP contribution is -2.38. The van der Waals surface area contributed by atoms with Crippen LogP contribution in [0.3, 0.4) is 0 Å². The molecule has 1 saturated heterocycles. The number of hydrazone groups is 1. The van der Waals surface area contributed by atoms with Crippen LogP contribution in [-0.4, -0.2) is 36.1 Å². The molecule has 2 fully saturated rings. The van der Waals surface area contributed by atoms with Crippen LogP contribution in [0.4, 0.5) is 0 Å². The van der Waals surface area contributed by atoms with Crippen LogP contribution >= 0.6 is 0 Å². The number of furan rings is 1. The van der Waals surface area contributed by atoms with Crippen LogP contribution in [0, 0.1) is 23.7 Å². The molecule has 152 valence electrons. The monoisotopic (exact) mass is 404 g/mol. The zero-order chi connectivity index (χ0) is 20.8. The van der Waals surface area contributed by atoms with Crippen molar-refractivity contribution in [2.24, 2.45) is 28.8 Å². The maximum absolute atomic E-state index is 12.8. The molecule has 1 aromatic heterocycles. The molecule has 4 atom stereocenters. The minimum Gasteiger partial charge on any atom is -0.465 e. The number of esters is 1. The number of nitrogens with zero attached hydrogens (tertiary/aromatic N) is 2. The molecular formula is C23H20N2O5. The van der Waals surface area contributed by atoms with Crippen LogP contribution in [0.5, 0.6) is 0 Å². The molecule has 0 unspecified atom stereocenters. The SMILES string of the molecule is COC(=O)c1ccc(-c2ccc(/C=N\N3C(=O)[C@H]4[C@H](C3=O)[C@H]3C=C[C@H]4CC3)o2)cc1. The Morgan fingerprint density at radius 1 is 1.03 bits per heavy atom. The van der Waals surface area contributed by atoms with Crippen molar-refractivity contribution < 1.29 is 23.5 Å². The van der Waals surface area contributed by atoms with Crippen molar-refractivity contribution in [3.05, 3.63) is 59.9 Å². The number of fused-ring (bicyclic) bond motifs is 1. The van der Waals surface area contributed by atoms with Gasteiger partial charge >= 0.3 is 5.97 Å². The second-order valence-electron chi connectivity index (χ2n) is 7.85. The summed E-state index contributed by atoms with van der Waals surface area (Å²) < 4.78 is 10.5. The van der Waals surface area contributed by atoms with Gasteiger partial charge < -0.3 is 9.15 Å². The molecule has 7 nitrogen and oxygen atoms in total. The van der Waals surface area contributed by atoms with Crippen molar-refractivity contribution in [2.75, 3.05) is 7.11 Å². The molecule has 1 aromatic carbocycles. The Hall–Kier alpha value is -3.48. The molecule has 1 aliphatic heterocycles. The Kier molecular flexibility index (Phi) is 4.38. The quantitative estimate of drug-likeness (QED) is 0.338. The zero-order valence-corrected chi connectivity index (χ0v) is 16.4. The van der Waals surface area contributed by atoms with Crippen molar-refractivity contribution in [3.63, 3.8) is 0 Å². The van der Waals surface area contributed by atoms with Crippen molar-refractivity contribution in [1.82, 2.24) is 5.01 Å². The normalized spacial score (nSPS) is 27.2. The van der Waals surface area contributed by atoms with E-state index in [0.717, 1.165) is 23.4 Å². The van der Waals surface area contributed by atoms with Crippen LogP contribution in [0.15, 0.2) is 58.1 Å². The lowest BCUT2D eigenvalue weighted by atomic mass is 9.63. The maximum Gasteiger partial charge on any atom is 0.337 e. The summed E-state index contributed by atoms with van der Waals surface area (Å²) in [6.45, 7) is 0. The van der Waals surface area contributed by atoms with Gasteiger partial charge in [0.1, 0.15) is 11.5 Å². The molecule has 2 aromatic rings. The van der Waals surface area contributed by atoms with Crippen LogP contribution in [-0.2, 0) is 14.3 Å². The highest BCUT2D eigenvalue weighted by Crippen LogP contribution is 2.49. The Morgan fingerprint density at radius 3 is 2.23 bits per heavy atom. The van der Waals surface area contributed by atoms with E-state index in [1.54, 1.807) is 36.4 Å². The van der Waals surface area contributed by atoms with E-state index in [4.69, 9.17) is 9.15 Å². The molecular weight excluding hydrogens is 384 g/mol. The average Bonchev–Trinajstić information content (AvgIpc) is 3.37. The topological polar surface area (TPSA) is 89.2 Å². The number of imide groups is 1. The van der Waals surface area contributed by atoms with Crippen molar-refractivity contribution >= 4 is 24.0 Å². The number of rotatable bonds is 4. The Labute approximate surface area is 173 Å². The van der Waals surface area contributed by atoms with Gasteiger partial charge in [-0.25, -0.2) is 4.79 Å². The summed E-state index contributed by atoms with van der Waals surface area (Å²) in [5.74, 6) is -0.104. The summed E-state index contributed by atoms with van der Waals surface area (Å²) in [5.41, 5.74) is 1.23. The first kappa shape index (κ1) is 18.5. The van der Waals surface area contributed by atoms with Crippen LogP contribution in [0.2, 0.25) is 0 Å². The summed E-state index contributed by atoms with van der Waals surface area (Å²) in [6, 6.07) is 10.3. The van der Waals surface area contributed by atoms with Gasteiger partial charge in [0.05, 0.1) is 30.7 Å². The summed E-state index contributed by atoms with van der Waals surface area (Å²) in [5, 5.41) is 5.17. The fraction of sp³-hybridized carbons (Fsp3) is 0.304. The molecule has 0 radical (unpaired) electrons. The van der Waals surface area contributed by atoms with E-state index < -0.39 is 5.97 Å². The molecule has 2 heterocycles. The highest BCUT2D eigenvalue weighted by molar-refractivity contribution is 6.06. The molecule has 1 saturated carbocycles. The number of amides is 2. The summed E-state index contributed by atoms with van der Waals surface area (Å²) in [6.07, 6.45) is 7.47. The third-order valence-corrected chi connectivity index (χ3v) is 6.25. The van der Waals surface area contributed by atoms with E-state index in [2.05, 4.69) is 17.3 Å². The van der Waals surface area contributed by atoms with E-state index in [0.29, 0.717) is 17.1 Å². The number of carbonyl (C=O) groups excluding carboxylic acids is 3. The number of hydrogen-bond donors (Lipinski definition) is 0. The van der Waals surface area contributed by atoms with Gasteiger partial charge in [0.2, 0.25) is 0 Å². The van der Waals surface area contributed by atoms with E-state index in [1.165, 1.54) is 13.3 Å². The number of allylic oxidation sites excluding steroid dienone is 2. The Morgan fingerprint density at radius 2 is 1.67 bits per heavy atom. The molecule has 7 heteroatoms. The third kappa shape index (κ3) is 2.89. The summed E-state index contributed by atoms with van der Waals surface area (Å²) >= 11 is 0. The van der Waals surface area contributed by atoms with Crippen LogP contribution in [0.25, 0.3) is 11.3 Å². The Balaban J connectivity index is 1.33. The zero-order valence-electron chi connectivity index (χ0n) is 16.4. The number of carbonyl (C=O) groups is 3. The highest BCUT2D eigenvalue weighted by Gasteiger charge is 2.56. The fourth-order valence-electron chi connectivity index (χ4n) is 4.75. The van der Waals surface area contributed by atoms with Gasteiger partial charge in [0, 0.05) is 5.56 Å². The molecule has 0 N–H and O–H groups in total. The van der Waals surface area contributed by atoms with Gasteiger partial charge in [-0.2, -0.15) is 10.1 Å². The molecule has 2 amide bonds. The first-order valence-electron chi connectivity index (χ1n) is 9.95. The number of hydrogen-bond acceptors (Lipinski definition) is 6. The Bertz CT molecular complexity index is 1050. The van der Waals surface area contributed by atoms with Crippen LogP contribution in [0.1, 0.15) is 29.0 Å². The fourth-order valence-corrected chi connectivity index (χ4v) is 4.75. The molecule has 4 aliphatic rings. The second kappa shape index (κ2) is 7.09. The van der Waals surface area contributed by atoms with Crippen molar-refractivity contribution in [3.8, 4) is 11.3 Å². The predicted octanol–water partition coefficient (Wildman–Crippen LogP) is 3.26. The predicted molar refractivity (Wildman–Crippen MR) is 107 cm³/mol. The minimum atomic E-state index is -0.405. The number of ether oxygens (including phenoxy) is 1. The van der Waals surface area contributed by atoms with Gasteiger partial charge in [0.15, 0.2) is 0 Å². The maximum atomic E-state index is 12.8. The molecule has 0 spiro atoms. The molecule has 30 heavy (non-hydrogen) atoms. The highest BCUT2D eigenvalue weighted by atomic mass is 16.5. The van der Waals surface area contributed by atoms with Crippen LogP contribution < -0.4 is 0 Å². The van der Waals surface area contributed by atoms with E-state index in [1.807, 2.05) is 0 Å². The van der Waals surface area contributed by atoms with Gasteiger partial charge in [-0.3, -0.25) is 9.59 Å². The standard InChI is InChI=1S/C23H20N2O5/c1-29-23(28)16-8-2-13(3-9-16)18-11-10-17(30-18)12-24-25-21(26)19-14-4-5-15(7-6-14)20(19)22(25)27/h2-5,8-12,14-15,19-20H,6-7H2,1H3/b24-12-/t14-,15-,19+,20+/m0/s1. The lowest BCUT2D eigenvalue weighted by Gasteiger charge is -2.37. The largest absolute Gasteiger partial charge is 0.465 e. The van der Waals surface area contributed by atoms with Crippen molar-refractivity contribution in [1.29, 1.82) is 0 Å². The second-order valence-corrected chi connectivity index (χ2v) is 7.85. The summed E-state index contributed by atoms with van der Waals surface area (Å²) in [7, 11) is 1.33. The average molecular weight is 404 g/mol. The molecule has 2 bridgehead atoms. The number of methoxy groups -OCH3 is 1. The lowest BCUT2D eigenvalue weighted by molar-refractivity contribution is -0.140. The summed E-state index contributed by atoms with van der Waals surface area (Å²) in [4.78, 5) is 37.1. The third-order valence-electron chi connectivity index (χ3n) is 6.25. The molecule has 6 rings (SSSR count). The number of benzene rings is 1. The van der Waals surface area contributed by atoms with Gasteiger partial charge in [-0.15, -0.1) is 0 Å². The van der Waals surface area contributed by atoms with Gasteiger partial charge in [0.25, 0.3) is 11.8 Å². The smallest absolute Gasteiger partial charge is 0.337 e. The van der Waals surface area contributed by atoms with Gasteiger partial charge in [-0.1, -0.05) is 24.3 Å². The first-order valence-corrected chi connectivity index (χ1v) is 9.95. The van der Waals surface area contributed by atoms with E-state index in [-0.39, 0.29) is 35.5 Å². The van der Waals surface area contributed by atoms with E-state index >= 15 is 0 Å².